The van der Waals surface area contributed by atoms with Crippen molar-refractivity contribution in [3.8, 4) is 22.5 Å². The molecule has 0 saturated carbocycles. The van der Waals surface area contributed by atoms with Crippen LogP contribution in [0.1, 0.15) is 6.92 Å². The van der Waals surface area contributed by atoms with Crippen molar-refractivity contribution in [2.24, 2.45) is 7.05 Å². The van der Waals surface area contributed by atoms with E-state index in [0.717, 1.165) is 11.3 Å². The average molecular weight is 295 g/mol. The minimum atomic E-state index is -0.279. The van der Waals surface area contributed by atoms with Crippen LogP contribution < -0.4 is 11.3 Å². The van der Waals surface area contributed by atoms with Crippen LogP contribution in [0.15, 0.2) is 47.4 Å². The predicted molar refractivity (Wildman–Crippen MR) is 86.2 cm³/mol. The second kappa shape index (κ2) is 5.48. The molecule has 0 unspecified atom stereocenters. The number of nitrogens with two attached hydrogens (primary N) is 1. The van der Waals surface area contributed by atoms with Gasteiger partial charge < -0.3 is 5.73 Å². The van der Waals surface area contributed by atoms with Crippen molar-refractivity contribution in [3.05, 3.63) is 52.9 Å². The van der Waals surface area contributed by atoms with E-state index in [4.69, 9.17) is 5.73 Å². The molecule has 0 bridgehead atoms. The molecule has 3 rings (SSSR count). The standard InChI is InChI=1S/C16H17N5O/c1-3-21-16(22)14(17)13(12-9-10-18-20(12)2)15(19-21)11-7-5-4-6-8-11/h4-10H,3,17H2,1-2H3. The topological polar surface area (TPSA) is 78.7 Å². The number of nitrogens with zero attached hydrogens (tertiary/aromatic N) is 4. The number of aromatic nitrogens is 4. The summed E-state index contributed by atoms with van der Waals surface area (Å²) in [4.78, 5) is 12.4. The first-order valence-electron chi connectivity index (χ1n) is 7.08. The smallest absolute Gasteiger partial charge is 0.290 e. The minimum Gasteiger partial charge on any atom is -0.394 e. The van der Waals surface area contributed by atoms with Crippen molar-refractivity contribution >= 4 is 5.69 Å². The molecule has 1 aromatic carbocycles. The molecule has 0 aliphatic rings. The number of anilines is 1. The molecular weight excluding hydrogens is 278 g/mol. The molecule has 0 radical (unpaired) electrons. The highest BCUT2D eigenvalue weighted by atomic mass is 16.1. The van der Waals surface area contributed by atoms with Crippen molar-refractivity contribution in [2.75, 3.05) is 5.73 Å². The van der Waals surface area contributed by atoms with E-state index in [0.29, 0.717) is 17.8 Å². The number of hydrogen-bond donors (Lipinski definition) is 1. The van der Waals surface area contributed by atoms with Crippen LogP contribution in [0.3, 0.4) is 0 Å². The Morgan fingerprint density at radius 1 is 1.18 bits per heavy atom. The van der Waals surface area contributed by atoms with Crippen molar-refractivity contribution in [1.82, 2.24) is 19.6 Å². The van der Waals surface area contributed by atoms with Gasteiger partial charge >= 0.3 is 0 Å². The normalized spacial score (nSPS) is 10.8. The zero-order valence-corrected chi connectivity index (χ0v) is 12.5. The van der Waals surface area contributed by atoms with Crippen LogP contribution in [0.25, 0.3) is 22.5 Å². The summed E-state index contributed by atoms with van der Waals surface area (Å²) in [6, 6.07) is 11.5. The Kier molecular flexibility index (Phi) is 3.50. The Labute approximate surface area is 127 Å². The minimum absolute atomic E-state index is 0.194. The van der Waals surface area contributed by atoms with Gasteiger partial charge in [-0.3, -0.25) is 9.48 Å². The number of benzene rings is 1. The molecule has 6 heteroatoms. The van der Waals surface area contributed by atoms with E-state index in [1.807, 2.05) is 50.4 Å². The van der Waals surface area contributed by atoms with E-state index in [1.165, 1.54) is 4.68 Å². The third-order valence-corrected chi connectivity index (χ3v) is 3.62. The summed E-state index contributed by atoms with van der Waals surface area (Å²) in [6.45, 7) is 2.33. The third-order valence-electron chi connectivity index (χ3n) is 3.62. The lowest BCUT2D eigenvalue weighted by molar-refractivity contribution is 0.621. The van der Waals surface area contributed by atoms with Gasteiger partial charge in [0, 0.05) is 25.4 Å². The van der Waals surface area contributed by atoms with Crippen molar-refractivity contribution in [3.63, 3.8) is 0 Å². The molecule has 0 aliphatic heterocycles. The SMILES string of the molecule is CCn1nc(-c2ccccc2)c(-c2ccnn2C)c(N)c1=O. The summed E-state index contributed by atoms with van der Waals surface area (Å²) in [5.74, 6) is 0. The first-order chi connectivity index (χ1) is 10.6. The highest BCUT2D eigenvalue weighted by Gasteiger charge is 2.19. The van der Waals surface area contributed by atoms with Gasteiger partial charge in [0.15, 0.2) is 0 Å². The second-order valence-electron chi connectivity index (χ2n) is 4.96. The molecule has 2 N–H and O–H groups in total. The first kappa shape index (κ1) is 14.1. The monoisotopic (exact) mass is 295 g/mol. The number of aryl methyl sites for hydroxylation is 2. The quantitative estimate of drug-likeness (QED) is 0.800. The summed E-state index contributed by atoms with van der Waals surface area (Å²) in [7, 11) is 1.81. The molecule has 0 saturated heterocycles. The summed E-state index contributed by atoms with van der Waals surface area (Å²) in [6.07, 6.45) is 1.68. The molecule has 2 aromatic heterocycles. The van der Waals surface area contributed by atoms with Gasteiger partial charge in [-0.15, -0.1) is 0 Å². The lowest BCUT2D eigenvalue weighted by atomic mass is 10.0. The largest absolute Gasteiger partial charge is 0.394 e. The van der Waals surface area contributed by atoms with Gasteiger partial charge in [0.25, 0.3) is 5.56 Å². The fourth-order valence-corrected chi connectivity index (χ4v) is 2.48. The fraction of sp³-hybridized carbons (Fsp3) is 0.188. The van der Waals surface area contributed by atoms with Crippen molar-refractivity contribution in [2.45, 2.75) is 13.5 Å². The Balaban J connectivity index is 2.39. The van der Waals surface area contributed by atoms with Crippen LogP contribution in [0.2, 0.25) is 0 Å². The number of nitrogen functional groups attached to an aromatic ring is 1. The highest BCUT2D eigenvalue weighted by molar-refractivity contribution is 5.86. The van der Waals surface area contributed by atoms with E-state index in [9.17, 15) is 4.79 Å². The maximum atomic E-state index is 12.4. The van der Waals surface area contributed by atoms with E-state index in [2.05, 4.69) is 10.2 Å². The van der Waals surface area contributed by atoms with Crippen LogP contribution in [0.5, 0.6) is 0 Å². The number of hydrogen-bond acceptors (Lipinski definition) is 4. The lowest BCUT2D eigenvalue weighted by Crippen LogP contribution is -2.26. The molecule has 0 fully saturated rings. The Morgan fingerprint density at radius 3 is 2.50 bits per heavy atom. The molecule has 0 aliphatic carbocycles. The predicted octanol–water partition coefficient (Wildman–Crippen LogP) is 1.91. The summed E-state index contributed by atoms with van der Waals surface area (Å²) in [5.41, 5.74) is 9.04. The van der Waals surface area contributed by atoms with Crippen LogP contribution in [0.4, 0.5) is 5.69 Å². The van der Waals surface area contributed by atoms with Crippen LogP contribution >= 0.6 is 0 Å². The van der Waals surface area contributed by atoms with E-state index in [1.54, 1.807) is 10.9 Å². The zero-order chi connectivity index (χ0) is 15.7. The average Bonchev–Trinajstić information content (AvgIpc) is 2.96. The van der Waals surface area contributed by atoms with Crippen LogP contribution in [-0.2, 0) is 13.6 Å². The second-order valence-corrected chi connectivity index (χ2v) is 4.96. The molecule has 0 spiro atoms. The summed E-state index contributed by atoms with van der Waals surface area (Å²) in [5, 5.41) is 8.67. The van der Waals surface area contributed by atoms with Gasteiger partial charge in [-0.1, -0.05) is 30.3 Å². The zero-order valence-electron chi connectivity index (χ0n) is 12.5. The van der Waals surface area contributed by atoms with Gasteiger partial charge in [-0.25, -0.2) is 4.68 Å². The van der Waals surface area contributed by atoms with Gasteiger partial charge in [0.1, 0.15) is 11.4 Å². The molecule has 112 valence electrons. The van der Waals surface area contributed by atoms with Crippen LogP contribution in [-0.4, -0.2) is 19.6 Å². The molecular formula is C16H17N5O. The first-order valence-corrected chi connectivity index (χ1v) is 7.08. The summed E-state index contributed by atoms with van der Waals surface area (Å²) < 4.78 is 3.08. The van der Waals surface area contributed by atoms with E-state index in [-0.39, 0.29) is 11.2 Å². The molecule has 0 atom stereocenters. The van der Waals surface area contributed by atoms with E-state index >= 15 is 0 Å². The Morgan fingerprint density at radius 2 is 1.91 bits per heavy atom. The summed E-state index contributed by atoms with van der Waals surface area (Å²) >= 11 is 0. The van der Waals surface area contributed by atoms with Gasteiger partial charge in [-0.2, -0.15) is 10.2 Å². The third kappa shape index (κ3) is 2.18. The van der Waals surface area contributed by atoms with Crippen molar-refractivity contribution < 1.29 is 0 Å². The maximum Gasteiger partial charge on any atom is 0.290 e. The van der Waals surface area contributed by atoms with Gasteiger partial charge in [0.05, 0.1) is 11.3 Å². The van der Waals surface area contributed by atoms with E-state index < -0.39 is 0 Å². The van der Waals surface area contributed by atoms with Gasteiger partial charge in [-0.05, 0) is 13.0 Å². The molecule has 22 heavy (non-hydrogen) atoms. The molecule has 3 aromatic rings. The Hall–Kier alpha value is -2.89. The molecule has 6 nitrogen and oxygen atoms in total. The molecule has 0 amide bonds. The highest BCUT2D eigenvalue weighted by Crippen LogP contribution is 2.32. The maximum absolute atomic E-state index is 12.4. The van der Waals surface area contributed by atoms with Gasteiger partial charge in [0.2, 0.25) is 0 Å². The number of rotatable bonds is 3. The fourth-order valence-electron chi connectivity index (χ4n) is 2.48. The van der Waals surface area contributed by atoms with Crippen LogP contribution in [0, 0.1) is 0 Å². The Bertz CT molecular complexity index is 864. The lowest BCUT2D eigenvalue weighted by Gasteiger charge is -2.14. The van der Waals surface area contributed by atoms with Crippen molar-refractivity contribution in [1.29, 1.82) is 0 Å². The molecule has 2 heterocycles.